The molecule has 1 amide bonds. The number of anilines is 1. The molecule has 0 aliphatic rings. The quantitative estimate of drug-likeness (QED) is 0.845. The van der Waals surface area contributed by atoms with Crippen LogP contribution in [0.4, 0.5) is 18.9 Å². The number of nitrogens with one attached hydrogen (secondary N) is 1. The van der Waals surface area contributed by atoms with Crippen LogP contribution in [0.1, 0.15) is 6.92 Å². The fraction of sp³-hybridized carbons (Fsp3) is 0.462. The van der Waals surface area contributed by atoms with Crippen molar-refractivity contribution in [2.45, 2.75) is 13.1 Å². The molecule has 3 N–H and O–H groups in total. The van der Waals surface area contributed by atoms with E-state index in [0.717, 1.165) is 0 Å². The van der Waals surface area contributed by atoms with Crippen LogP contribution in [0.5, 0.6) is 11.5 Å². The van der Waals surface area contributed by atoms with E-state index >= 15 is 0 Å². The number of hydrogen-bond donors (Lipinski definition) is 2. The zero-order valence-corrected chi connectivity index (χ0v) is 11.7. The van der Waals surface area contributed by atoms with E-state index < -0.39 is 18.7 Å². The normalized spacial score (nSPS) is 12.7. The summed E-state index contributed by atoms with van der Waals surface area (Å²) in [7, 11) is 1.31. The van der Waals surface area contributed by atoms with Crippen molar-refractivity contribution in [3.8, 4) is 11.5 Å². The van der Waals surface area contributed by atoms with Gasteiger partial charge in [-0.05, 0) is 12.1 Å². The van der Waals surface area contributed by atoms with E-state index in [4.69, 9.17) is 10.5 Å². The van der Waals surface area contributed by atoms with Crippen LogP contribution >= 0.6 is 0 Å². The van der Waals surface area contributed by atoms with Gasteiger partial charge >= 0.3 is 6.18 Å². The van der Waals surface area contributed by atoms with Gasteiger partial charge in [0.2, 0.25) is 5.91 Å². The third kappa shape index (κ3) is 5.50. The first-order chi connectivity index (χ1) is 9.76. The van der Waals surface area contributed by atoms with E-state index in [9.17, 15) is 18.0 Å². The molecule has 118 valence electrons. The first kappa shape index (κ1) is 17.1. The predicted molar refractivity (Wildman–Crippen MR) is 71.4 cm³/mol. The molecule has 0 fully saturated rings. The molecular weight excluding hydrogens is 289 g/mol. The number of amides is 1. The Morgan fingerprint density at radius 3 is 2.57 bits per heavy atom. The maximum Gasteiger partial charge on any atom is 0.422 e. The van der Waals surface area contributed by atoms with Crippen LogP contribution in [0.25, 0.3) is 0 Å². The second-order valence-corrected chi connectivity index (χ2v) is 4.40. The van der Waals surface area contributed by atoms with Crippen LogP contribution in [0.3, 0.4) is 0 Å². The Balaban J connectivity index is 2.86. The summed E-state index contributed by atoms with van der Waals surface area (Å²) in [5.74, 6) is -0.701. The number of alkyl halides is 3. The molecule has 5 nitrogen and oxygen atoms in total. The molecule has 1 aromatic carbocycles. The second-order valence-electron chi connectivity index (χ2n) is 4.40. The highest BCUT2D eigenvalue weighted by Crippen LogP contribution is 2.31. The van der Waals surface area contributed by atoms with Gasteiger partial charge in [0.05, 0.1) is 7.11 Å². The van der Waals surface area contributed by atoms with Crippen LogP contribution < -0.4 is 20.5 Å². The minimum atomic E-state index is -4.46. The molecule has 21 heavy (non-hydrogen) atoms. The highest BCUT2D eigenvalue weighted by Gasteiger charge is 2.29. The smallest absolute Gasteiger partial charge is 0.422 e. The largest absolute Gasteiger partial charge is 0.493 e. The van der Waals surface area contributed by atoms with Crippen molar-refractivity contribution in [1.82, 2.24) is 0 Å². The number of benzene rings is 1. The summed E-state index contributed by atoms with van der Waals surface area (Å²) in [6.07, 6.45) is -4.46. The zero-order chi connectivity index (χ0) is 16.0. The molecule has 1 unspecified atom stereocenters. The van der Waals surface area contributed by atoms with Gasteiger partial charge in [-0.1, -0.05) is 6.92 Å². The van der Waals surface area contributed by atoms with Crippen molar-refractivity contribution in [2.75, 3.05) is 25.6 Å². The van der Waals surface area contributed by atoms with E-state index in [0.29, 0.717) is 5.69 Å². The van der Waals surface area contributed by atoms with Crippen molar-refractivity contribution in [3.05, 3.63) is 18.2 Å². The van der Waals surface area contributed by atoms with E-state index in [1.54, 1.807) is 6.92 Å². The number of ether oxygens (including phenoxy) is 2. The van der Waals surface area contributed by atoms with Crippen molar-refractivity contribution in [2.24, 2.45) is 11.7 Å². The second kappa shape index (κ2) is 7.16. The number of nitrogens with two attached hydrogens (primary N) is 1. The molecule has 8 heteroatoms. The fourth-order valence-corrected chi connectivity index (χ4v) is 1.40. The molecule has 0 heterocycles. The van der Waals surface area contributed by atoms with E-state index in [2.05, 4.69) is 10.1 Å². The lowest BCUT2D eigenvalue weighted by Crippen LogP contribution is -2.26. The molecule has 1 aromatic rings. The molecule has 1 rings (SSSR count). The third-order valence-corrected chi connectivity index (χ3v) is 2.62. The van der Waals surface area contributed by atoms with E-state index in [-0.39, 0.29) is 24.0 Å². The summed E-state index contributed by atoms with van der Waals surface area (Å²) in [6, 6.07) is 4.18. The summed E-state index contributed by atoms with van der Waals surface area (Å²) in [5, 5.41) is 2.55. The highest BCUT2D eigenvalue weighted by atomic mass is 19.4. The lowest BCUT2D eigenvalue weighted by Gasteiger charge is -2.15. The number of carbonyl (C=O) groups excluding carboxylic acids is 1. The molecule has 1 atom stereocenters. The molecule has 0 bridgehead atoms. The average molecular weight is 306 g/mol. The topological polar surface area (TPSA) is 73.6 Å². The fourth-order valence-electron chi connectivity index (χ4n) is 1.40. The van der Waals surface area contributed by atoms with E-state index in [1.165, 1.54) is 25.3 Å². The summed E-state index contributed by atoms with van der Waals surface area (Å²) >= 11 is 0. The average Bonchev–Trinajstić information content (AvgIpc) is 2.43. The maximum absolute atomic E-state index is 12.2. The molecule has 0 radical (unpaired) electrons. The number of carbonyl (C=O) groups is 1. The minimum Gasteiger partial charge on any atom is -0.493 e. The maximum atomic E-state index is 12.2. The third-order valence-electron chi connectivity index (χ3n) is 2.62. The van der Waals surface area contributed by atoms with Crippen molar-refractivity contribution >= 4 is 11.6 Å². The van der Waals surface area contributed by atoms with Crippen LogP contribution in [0.15, 0.2) is 18.2 Å². The Labute approximate surface area is 120 Å². The SMILES string of the molecule is COc1ccc(NC(=O)C(C)CN)cc1OCC(F)(F)F. The van der Waals surface area contributed by atoms with Gasteiger partial charge in [-0.2, -0.15) is 13.2 Å². The minimum absolute atomic E-state index is 0.104. The van der Waals surface area contributed by atoms with Gasteiger partial charge in [0.25, 0.3) is 0 Å². The molecule has 0 spiro atoms. The number of halogens is 3. The van der Waals surface area contributed by atoms with Crippen molar-refractivity contribution in [1.29, 1.82) is 0 Å². The van der Waals surface area contributed by atoms with Crippen LogP contribution in [0, 0.1) is 5.92 Å². The van der Waals surface area contributed by atoms with Gasteiger partial charge in [-0.25, -0.2) is 0 Å². The number of methoxy groups -OCH3 is 1. The van der Waals surface area contributed by atoms with E-state index in [1.807, 2.05) is 0 Å². The molecule has 0 aliphatic carbocycles. The number of hydrogen-bond acceptors (Lipinski definition) is 4. The monoisotopic (exact) mass is 306 g/mol. The Hall–Kier alpha value is -1.96. The summed E-state index contributed by atoms with van der Waals surface area (Å²) < 4.78 is 46.2. The van der Waals surface area contributed by atoms with Crippen LogP contribution in [-0.2, 0) is 4.79 Å². The Morgan fingerprint density at radius 1 is 1.38 bits per heavy atom. The van der Waals surface area contributed by atoms with Gasteiger partial charge in [-0.3, -0.25) is 4.79 Å². The van der Waals surface area contributed by atoms with Crippen molar-refractivity contribution in [3.63, 3.8) is 0 Å². The van der Waals surface area contributed by atoms with Gasteiger partial charge in [0.1, 0.15) is 0 Å². The Bertz CT molecular complexity index is 492. The summed E-state index contributed by atoms with van der Waals surface area (Å²) in [4.78, 5) is 11.7. The predicted octanol–water partition coefficient (Wildman–Crippen LogP) is 2.17. The van der Waals surface area contributed by atoms with Crippen LogP contribution in [-0.4, -0.2) is 32.3 Å². The molecular formula is C13H17F3N2O3. The molecule has 0 saturated carbocycles. The molecule has 0 aromatic heterocycles. The molecule has 0 aliphatic heterocycles. The van der Waals surface area contributed by atoms with Gasteiger partial charge in [-0.15, -0.1) is 0 Å². The lowest BCUT2D eigenvalue weighted by molar-refractivity contribution is -0.153. The van der Waals surface area contributed by atoms with Gasteiger partial charge in [0, 0.05) is 24.2 Å². The zero-order valence-electron chi connectivity index (χ0n) is 11.7. The summed E-state index contributed by atoms with van der Waals surface area (Å²) in [5.41, 5.74) is 5.67. The summed E-state index contributed by atoms with van der Waals surface area (Å²) in [6.45, 7) is 0.360. The lowest BCUT2D eigenvalue weighted by atomic mass is 10.1. The van der Waals surface area contributed by atoms with Gasteiger partial charge in [0.15, 0.2) is 18.1 Å². The van der Waals surface area contributed by atoms with Gasteiger partial charge < -0.3 is 20.5 Å². The first-order valence-electron chi connectivity index (χ1n) is 6.15. The highest BCUT2D eigenvalue weighted by molar-refractivity contribution is 5.92. The molecule has 0 saturated heterocycles. The standard InChI is InChI=1S/C13H17F3N2O3/c1-8(6-17)12(19)18-9-3-4-10(20-2)11(5-9)21-7-13(14,15)16/h3-5,8H,6-7,17H2,1-2H3,(H,18,19). The van der Waals surface area contributed by atoms with Crippen LogP contribution in [0.2, 0.25) is 0 Å². The van der Waals surface area contributed by atoms with Crippen molar-refractivity contribution < 1.29 is 27.4 Å². The Kier molecular flexibility index (Phi) is 5.83. The number of rotatable bonds is 6. The Morgan fingerprint density at radius 2 is 2.05 bits per heavy atom. The first-order valence-corrected chi connectivity index (χ1v) is 6.15.